The van der Waals surface area contributed by atoms with E-state index in [1.807, 2.05) is 12.1 Å². The molecule has 7 heteroatoms. The van der Waals surface area contributed by atoms with Gasteiger partial charge >= 0.3 is 0 Å². The molecule has 1 aromatic heterocycles. The number of hydrogen-bond acceptors (Lipinski definition) is 7. The molecule has 2 aromatic carbocycles. The van der Waals surface area contributed by atoms with Crippen molar-refractivity contribution in [3.05, 3.63) is 88.7 Å². The number of piperidine rings is 1. The summed E-state index contributed by atoms with van der Waals surface area (Å²) in [5.74, 6) is 1.30. The molecular weight excluding hydrogens is 484 g/mol. The molecule has 6 nitrogen and oxygen atoms in total. The average Bonchev–Trinajstić information content (AvgIpc) is 2.89. The van der Waals surface area contributed by atoms with Gasteiger partial charge in [0.25, 0.3) is 0 Å². The van der Waals surface area contributed by atoms with Crippen LogP contribution in [0.25, 0.3) is 0 Å². The molecule has 0 saturated carbocycles. The third-order valence-corrected chi connectivity index (χ3v) is 7.93. The first-order valence-electron chi connectivity index (χ1n) is 12.9. The Morgan fingerprint density at radius 3 is 2.46 bits per heavy atom. The van der Waals surface area contributed by atoms with Crippen LogP contribution in [0.3, 0.4) is 0 Å². The Bertz CT molecular complexity index is 1170. The molecule has 0 amide bonds. The van der Waals surface area contributed by atoms with Crippen molar-refractivity contribution in [2.45, 2.75) is 51.2 Å². The van der Waals surface area contributed by atoms with Crippen LogP contribution < -0.4 is 9.64 Å². The fraction of sp³-hybridized carbons (Fsp3) is 0.433. The maximum Gasteiger partial charge on any atom is 0.135 e. The molecule has 3 N–H and O–H groups in total. The normalized spacial score (nSPS) is 21.5. The van der Waals surface area contributed by atoms with Crippen molar-refractivity contribution in [2.24, 2.45) is 11.8 Å². The van der Waals surface area contributed by atoms with Gasteiger partial charge in [0, 0.05) is 24.0 Å². The zero-order chi connectivity index (χ0) is 26.6. The van der Waals surface area contributed by atoms with Crippen molar-refractivity contribution in [1.29, 1.82) is 0 Å². The summed E-state index contributed by atoms with van der Waals surface area (Å²) in [4.78, 5) is 5.40. The zero-order valence-corrected chi connectivity index (χ0v) is 22.7. The predicted octanol–water partition coefficient (Wildman–Crippen LogP) is 4.93. The van der Waals surface area contributed by atoms with Gasteiger partial charge in [-0.05, 0) is 73.9 Å². The van der Waals surface area contributed by atoms with E-state index in [4.69, 9.17) is 9.84 Å². The lowest BCUT2D eigenvalue weighted by Crippen LogP contribution is -2.43. The second-order valence-electron chi connectivity index (χ2n) is 10.3. The van der Waals surface area contributed by atoms with Crippen LogP contribution in [0.4, 0.5) is 5.69 Å². The summed E-state index contributed by atoms with van der Waals surface area (Å²) in [7, 11) is 0. The molecule has 1 aliphatic heterocycles. The van der Waals surface area contributed by atoms with E-state index in [1.165, 1.54) is 11.1 Å². The van der Waals surface area contributed by atoms with E-state index >= 15 is 0 Å². The van der Waals surface area contributed by atoms with Crippen LogP contribution in [0.1, 0.15) is 53.8 Å². The molecular formula is C30H38N2O4S. The zero-order valence-electron chi connectivity index (χ0n) is 21.8. The van der Waals surface area contributed by atoms with E-state index in [1.54, 1.807) is 18.3 Å². The molecule has 1 unspecified atom stereocenters. The number of anilines is 1. The van der Waals surface area contributed by atoms with Gasteiger partial charge < -0.3 is 25.0 Å². The standard InChI is InChI=1S/C30H38N2O4S/c1-20-4-6-23(7-5-20)29-15-24(16-30(35,37)25-8-9-26(19-34)31-17-25)22(3)18-32(29)28-11-10-27(14-21(28)2)36-13-12-33/h4-11,14,17,22,24,29,33-35,37H,12-13,15-16,18-19H2,1-3H3/t22-,24?,29+,30+/m1/s1. The molecule has 37 heavy (non-hydrogen) atoms. The molecule has 0 aliphatic carbocycles. The molecule has 1 saturated heterocycles. The van der Waals surface area contributed by atoms with Gasteiger partial charge in [-0.3, -0.25) is 4.98 Å². The number of ether oxygens (including phenoxy) is 1. The highest BCUT2D eigenvalue weighted by Gasteiger charge is 2.39. The number of nitrogens with zero attached hydrogens (tertiary/aromatic N) is 2. The summed E-state index contributed by atoms with van der Waals surface area (Å²) in [5.41, 5.74) is 5.97. The number of aryl methyl sites for hydroxylation is 2. The van der Waals surface area contributed by atoms with Crippen molar-refractivity contribution in [1.82, 2.24) is 4.98 Å². The lowest BCUT2D eigenvalue weighted by Gasteiger charge is -2.46. The van der Waals surface area contributed by atoms with Crippen LogP contribution >= 0.6 is 12.6 Å². The van der Waals surface area contributed by atoms with Crippen LogP contribution in [0.15, 0.2) is 60.8 Å². The number of thiol groups is 1. The minimum Gasteiger partial charge on any atom is -0.491 e. The second-order valence-corrected chi connectivity index (χ2v) is 11.0. The minimum atomic E-state index is -1.32. The van der Waals surface area contributed by atoms with Crippen molar-refractivity contribution < 1.29 is 20.1 Å². The lowest BCUT2D eigenvalue weighted by atomic mass is 9.76. The first-order valence-corrected chi connectivity index (χ1v) is 13.3. The monoisotopic (exact) mass is 522 g/mol. The fourth-order valence-electron chi connectivity index (χ4n) is 5.33. The van der Waals surface area contributed by atoms with E-state index in [2.05, 4.69) is 73.6 Å². The number of rotatable bonds is 9. The maximum absolute atomic E-state index is 11.4. The lowest BCUT2D eigenvalue weighted by molar-refractivity contribution is 0.0813. The van der Waals surface area contributed by atoms with Gasteiger partial charge in [0.05, 0.1) is 24.9 Å². The summed E-state index contributed by atoms with van der Waals surface area (Å²) >= 11 is 4.68. The molecule has 0 radical (unpaired) electrons. The van der Waals surface area contributed by atoms with Crippen molar-refractivity contribution in [2.75, 3.05) is 24.7 Å². The molecule has 2 heterocycles. The predicted molar refractivity (Wildman–Crippen MR) is 150 cm³/mol. The molecule has 1 aliphatic rings. The molecule has 198 valence electrons. The quantitative estimate of drug-likeness (QED) is 0.236. The third-order valence-electron chi connectivity index (χ3n) is 7.49. The van der Waals surface area contributed by atoms with Crippen molar-refractivity contribution in [3.63, 3.8) is 0 Å². The van der Waals surface area contributed by atoms with Crippen molar-refractivity contribution in [3.8, 4) is 5.75 Å². The van der Waals surface area contributed by atoms with Gasteiger partial charge in [-0.25, -0.2) is 0 Å². The van der Waals surface area contributed by atoms with Crippen molar-refractivity contribution >= 4 is 18.3 Å². The third kappa shape index (κ3) is 6.47. The van der Waals surface area contributed by atoms with Crippen LogP contribution in [-0.2, 0) is 11.5 Å². The fourth-order valence-corrected chi connectivity index (χ4v) is 5.70. The number of benzene rings is 2. The van der Waals surface area contributed by atoms with Gasteiger partial charge in [-0.2, -0.15) is 0 Å². The highest BCUT2D eigenvalue weighted by atomic mass is 32.1. The highest BCUT2D eigenvalue weighted by molar-refractivity contribution is 7.81. The SMILES string of the molecule is Cc1ccc([C@@H]2CC(C[C@](O)(S)c3ccc(CO)nc3)[C@H](C)CN2c2ccc(OCCO)cc2C)cc1. The van der Waals surface area contributed by atoms with E-state index in [0.717, 1.165) is 30.0 Å². The van der Waals surface area contributed by atoms with Crippen LogP contribution in [0.2, 0.25) is 0 Å². The Hall–Kier alpha value is -2.58. The molecule has 0 spiro atoms. The molecule has 3 aromatic rings. The molecule has 1 fully saturated rings. The van der Waals surface area contributed by atoms with Crippen LogP contribution in [0.5, 0.6) is 5.75 Å². The Balaban J connectivity index is 1.62. The van der Waals surface area contributed by atoms with Gasteiger partial charge in [0.15, 0.2) is 0 Å². The van der Waals surface area contributed by atoms with Gasteiger partial charge in [-0.1, -0.05) is 42.8 Å². The number of aliphatic hydroxyl groups is 3. The summed E-state index contributed by atoms with van der Waals surface area (Å²) in [6, 6.07) is 18.5. The smallest absolute Gasteiger partial charge is 0.135 e. The number of pyridine rings is 1. The minimum absolute atomic E-state index is 0.0134. The van der Waals surface area contributed by atoms with E-state index in [-0.39, 0.29) is 31.8 Å². The topological polar surface area (TPSA) is 86.1 Å². The van der Waals surface area contributed by atoms with E-state index in [0.29, 0.717) is 23.6 Å². The Morgan fingerprint density at radius 2 is 1.84 bits per heavy atom. The van der Waals surface area contributed by atoms with E-state index in [9.17, 15) is 10.2 Å². The van der Waals surface area contributed by atoms with Crippen LogP contribution in [-0.4, -0.2) is 40.1 Å². The molecule has 4 rings (SSSR count). The number of aliphatic hydroxyl groups excluding tert-OH is 2. The number of aromatic nitrogens is 1. The Kier molecular flexibility index (Phi) is 8.80. The van der Waals surface area contributed by atoms with E-state index < -0.39 is 4.93 Å². The first-order chi connectivity index (χ1) is 17.7. The largest absolute Gasteiger partial charge is 0.491 e. The second kappa shape index (κ2) is 11.9. The van der Waals surface area contributed by atoms with Gasteiger partial charge in [0.2, 0.25) is 0 Å². The highest BCUT2D eigenvalue weighted by Crippen LogP contribution is 2.46. The maximum atomic E-state index is 11.4. The first kappa shape index (κ1) is 27.5. The summed E-state index contributed by atoms with van der Waals surface area (Å²) < 4.78 is 5.63. The Morgan fingerprint density at radius 1 is 1.08 bits per heavy atom. The number of hydrogen-bond donors (Lipinski definition) is 4. The van der Waals surface area contributed by atoms with Gasteiger partial charge in [0.1, 0.15) is 17.3 Å². The summed E-state index contributed by atoms with van der Waals surface area (Å²) in [6.07, 6.45) is 2.98. The Labute approximate surface area is 225 Å². The molecule has 4 atom stereocenters. The summed E-state index contributed by atoms with van der Waals surface area (Å²) in [5, 5.41) is 29.8. The summed E-state index contributed by atoms with van der Waals surface area (Å²) in [6.45, 7) is 7.41. The molecule has 0 bridgehead atoms. The van der Waals surface area contributed by atoms with Gasteiger partial charge in [-0.15, -0.1) is 12.6 Å². The average molecular weight is 523 g/mol. The van der Waals surface area contributed by atoms with Crippen LogP contribution in [0, 0.1) is 25.7 Å².